The fourth-order valence-electron chi connectivity index (χ4n) is 5.79. The van der Waals surface area contributed by atoms with Gasteiger partial charge in [-0.05, 0) is 55.2 Å². The number of hydrogen-bond acceptors (Lipinski definition) is 6. The Morgan fingerprint density at radius 3 is 2.49 bits per heavy atom. The van der Waals surface area contributed by atoms with E-state index in [0.717, 1.165) is 6.07 Å². The molecule has 5 atom stereocenters. The van der Waals surface area contributed by atoms with Crippen molar-refractivity contribution in [2.45, 2.75) is 41.9 Å². The SMILES string of the molecule is C[C@H]1CC2C[C@@H](S(=O)(=O)c3cc(C(=O)Nc4cc(F)c(F)c(F)c4)ccc3Cl)C[C@H]1[C@@]2(O)c1nccs1. The van der Waals surface area contributed by atoms with Crippen molar-refractivity contribution in [1.29, 1.82) is 0 Å². The van der Waals surface area contributed by atoms with Crippen LogP contribution in [0.3, 0.4) is 0 Å². The second-order valence-electron chi connectivity index (χ2n) is 9.67. The van der Waals surface area contributed by atoms with Crippen LogP contribution in [0, 0.1) is 35.2 Å². The molecule has 0 saturated heterocycles. The fourth-order valence-corrected chi connectivity index (χ4v) is 9.05. The van der Waals surface area contributed by atoms with Crippen molar-refractivity contribution in [2.24, 2.45) is 17.8 Å². The number of aliphatic hydroxyl groups is 1. The van der Waals surface area contributed by atoms with Crippen LogP contribution in [0.1, 0.15) is 41.6 Å². The summed E-state index contributed by atoms with van der Waals surface area (Å²) in [6.07, 6.45) is 2.70. The van der Waals surface area contributed by atoms with Gasteiger partial charge in [0.25, 0.3) is 5.91 Å². The van der Waals surface area contributed by atoms with Crippen molar-refractivity contribution in [1.82, 2.24) is 4.98 Å². The topological polar surface area (TPSA) is 96.4 Å². The van der Waals surface area contributed by atoms with Gasteiger partial charge in [-0.3, -0.25) is 4.79 Å². The molecule has 2 aromatic carbocycles. The van der Waals surface area contributed by atoms with E-state index in [2.05, 4.69) is 10.3 Å². The van der Waals surface area contributed by atoms with Crippen LogP contribution in [0.25, 0.3) is 0 Å². The van der Waals surface area contributed by atoms with Crippen LogP contribution in [0.4, 0.5) is 18.9 Å². The average Bonchev–Trinajstić information content (AvgIpc) is 3.41. The first kappa shape index (κ1) is 26.1. The van der Waals surface area contributed by atoms with Crippen molar-refractivity contribution in [3.05, 3.63) is 75.0 Å². The zero-order chi connectivity index (χ0) is 26.7. The maximum Gasteiger partial charge on any atom is 0.255 e. The van der Waals surface area contributed by atoms with Crippen LogP contribution < -0.4 is 5.32 Å². The quantitative estimate of drug-likeness (QED) is 0.391. The summed E-state index contributed by atoms with van der Waals surface area (Å²) in [5, 5.41) is 15.3. The summed E-state index contributed by atoms with van der Waals surface area (Å²) in [5.74, 6) is -6.01. The Hall–Kier alpha value is -2.47. The zero-order valence-corrected chi connectivity index (χ0v) is 21.8. The van der Waals surface area contributed by atoms with Gasteiger partial charge in [0.15, 0.2) is 27.3 Å². The molecule has 2 aliphatic carbocycles. The lowest BCUT2D eigenvalue weighted by molar-refractivity contribution is -0.0699. The number of amides is 1. The highest BCUT2D eigenvalue weighted by molar-refractivity contribution is 7.92. The summed E-state index contributed by atoms with van der Waals surface area (Å²) in [6.45, 7) is 2.00. The van der Waals surface area contributed by atoms with Crippen LogP contribution in [0.15, 0.2) is 46.8 Å². The highest BCUT2D eigenvalue weighted by Crippen LogP contribution is 2.59. The Bertz CT molecular complexity index is 1460. The largest absolute Gasteiger partial charge is 0.382 e. The molecule has 37 heavy (non-hydrogen) atoms. The van der Waals surface area contributed by atoms with E-state index in [1.165, 1.54) is 23.5 Å². The number of halogens is 4. The molecule has 0 radical (unpaired) electrons. The normalized spacial score (nSPS) is 27.3. The smallest absolute Gasteiger partial charge is 0.255 e. The molecule has 12 heteroatoms. The van der Waals surface area contributed by atoms with Gasteiger partial charge in [-0.25, -0.2) is 26.6 Å². The number of carbonyl (C=O) groups excluding carboxylic acids is 1. The average molecular weight is 571 g/mol. The van der Waals surface area contributed by atoms with Gasteiger partial charge in [-0.1, -0.05) is 18.5 Å². The van der Waals surface area contributed by atoms with E-state index in [-0.39, 0.29) is 51.8 Å². The summed E-state index contributed by atoms with van der Waals surface area (Å²) in [4.78, 5) is 16.8. The Kier molecular flexibility index (Phi) is 6.62. The molecule has 2 aliphatic rings. The van der Waals surface area contributed by atoms with Gasteiger partial charge in [0.05, 0.1) is 15.2 Å². The Balaban J connectivity index is 1.42. The first-order valence-corrected chi connectivity index (χ1v) is 14.3. The lowest BCUT2D eigenvalue weighted by atomic mass is 9.73. The molecule has 5 rings (SSSR count). The van der Waals surface area contributed by atoms with Crippen LogP contribution >= 0.6 is 22.9 Å². The van der Waals surface area contributed by atoms with E-state index in [1.807, 2.05) is 6.92 Å². The maximum atomic E-state index is 13.7. The molecule has 2 bridgehead atoms. The number of aromatic nitrogens is 1. The summed E-state index contributed by atoms with van der Waals surface area (Å²) < 4.78 is 67.8. The minimum Gasteiger partial charge on any atom is -0.382 e. The molecular formula is C25H22ClF3N2O4S2. The molecule has 0 spiro atoms. The van der Waals surface area contributed by atoms with E-state index >= 15 is 0 Å². The minimum atomic E-state index is -4.02. The van der Waals surface area contributed by atoms with Gasteiger partial charge in [0, 0.05) is 35.0 Å². The summed E-state index contributed by atoms with van der Waals surface area (Å²) in [6, 6.07) is 4.90. The number of sulfone groups is 1. The van der Waals surface area contributed by atoms with Gasteiger partial charge in [0.1, 0.15) is 10.6 Å². The number of nitrogens with one attached hydrogen (secondary N) is 1. The number of benzene rings is 2. The maximum absolute atomic E-state index is 13.7. The molecule has 3 aromatic rings. The molecule has 1 aromatic heterocycles. The number of hydrogen-bond donors (Lipinski definition) is 2. The predicted octanol–water partition coefficient (Wildman–Crippen LogP) is 5.56. The third kappa shape index (κ3) is 4.35. The molecule has 0 aliphatic heterocycles. The van der Waals surface area contributed by atoms with E-state index < -0.39 is 44.0 Å². The minimum absolute atomic E-state index is 0.0726. The molecular weight excluding hydrogens is 549 g/mol. The van der Waals surface area contributed by atoms with Crippen molar-refractivity contribution in [2.75, 3.05) is 5.32 Å². The number of fused-ring (bicyclic) bond motifs is 2. The third-order valence-electron chi connectivity index (χ3n) is 7.55. The van der Waals surface area contributed by atoms with Crippen molar-refractivity contribution >= 4 is 44.4 Å². The number of anilines is 1. The summed E-state index contributed by atoms with van der Waals surface area (Å²) in [7, 11) is -4.02. The highest BCUT2D eigenvalue weighted by atomic mass is 35.5. The van der Waals surface area contributed by atoms with Crippen molar-refractivity contribution in [3.8, 4) is 0 Å². The van der Waals surface area contributed by atoms with Gasteiger partial charge in [0.2, 0.25) is 0 Å². The van der Waals surface area contributed by atoms with E-state index in [9.17, 15) is 31.5 Å². The first-order valence-electron chi connectivity index (χ1n) is 11.5. The molecule has 1 heterocycles. The first-order chi connectivity index (χ1) is 17.4. The summed E-state index contributed by atoms with van der Waals surface area (Å²) >= 11 is 7.62. The standard InChI is InChI=1S/C25H22ClF3N2O4S2/c1-12-6-14-8-16(11-17(12)25(14,33)24-30-4-5-36-24)37(34,35)21-7-13(2-3-18(21)26)23(32)31-15-9-19(27)22(29)20(28)10-15/h2-5,7,9-10,12,14,16-17,33H,6,8,11H2,1H3,(H,31,32)/t12-,14?,16+,17+,25+/m0/s1. The molecule has 1 unspecified atom stereocenters. The van der Waals surface area contributed by atoms with Crippen LogP contribution in [0.5, 0.6) is 0 Å². The molecule has 1 amide bonds. The lowest BCUT2D eigenvalue weighted by Crippen LogP contribution is -2.46. The molecule has 2 saturated carbocycles. The number of nitrogens with zero attached hydrogens (tertiary/aromatic N) is 1. The summed E-state index contributed by atoms with van der Waals surface area (Å²) in [5.41, 5.74) is -1.63. The van der Waals surface area contributed by atoms with Crippen LogP contribution in [-0.2, 0) is 15.4 Å². The van der Waals surface area contributed by atoms with Gasteiger partial charge < -0.3 is 10.4 Å². The number of thiazole rings is 1. The van der Waals surface area contributed by atoms with E-state index in [1.54, 1.807) is 11.6 Å². The van der Waals surface area contributed by atoms with Crippen molar-refractivity contribution < 1.29 is 31.5 Å². The van der Waals surface area contributed by atoms with Crippen LogP contribution in [-0.4, -0.2) is 29.7 Å². The van der Waals surface area contributed by atoms with Gasteiger partial charge in [-0.15, -0.1) is 11.3 Å². The molecule has 2 N–H and O–H groups in total. The van der Waals surface area contributed by atoms with Gasteiger partial charge >= 0.3 is 0 Å². The molecule has 6 nitrogen and oxygen atoms in total. The zero-order valence-electron chi connectivity index (χ0n) is 19.4. The molecule has 196 valence electrons. The highest BCUT2D eigenvalue weighted by Gasteiger charge is 2.60. The molecule has 2 fully saturated rings. The van der Waals surface area contributed by atoms with Crippen molar-refractivity contribution in [3.63, 3.8) is 0 Å². The number of rotatable bonds is 5. The number of carbonyl (C=O) groups is 1. The second kappa shape index (κ2) is 9.37. The van der Waals surface area contributed by atoms with Gasteiger partial charge in [-0.2, -0.15) is 0 Å². The fraction of sp³-hybridized carbons (Fsp3) is 0.360. The monoisotopic (exact) mass is 570 g/mol. The Morgan fingerprint density at radius 2 is 1.86 bits per heavy atom. The Labute approximate surface area is 220 Å². The van der Waals surface area contributed by atoms with E-state index in [0.29, 0.717) is 23.6 Å². The predicted molar refractivity (Wildman–Crippen MR) is 133 cm³/mol. The van der Waals surface area contributed by atoms with E-state index in [4.69, 9.17) is 11.6 Å². The lowest BCUT2D eigenvalue weighted by Gasteiger charge is -2.41. The Morgan fingerprint density at radius 1 is 1.16 bits per heavy atom. The van der Waals surface area contributed by atoms with Crippen LogP contribution in [0.2, 0.25) is 5.02 Å². The second-order valence-corrected chi connectivity index (χ2v) is 13.2. The third-order valence-corrected chi connectivity index (χ3v) is 11.1.